The number of ether oxygens (including phenoxy) is 4. The van der Waals surface area contributed by atoms with Crippen molar-refractivity contribution in [1.82, 2.24) is 0 Å². The Balaban J connectivity index is 1.67. The lowest BCUT2D eigenvalue weighted by Crippen LogP contribution is -2.32. The second-order valence-corrected chi connectivity index (χ2v) is 6.93. The number of nitrogens with zero attached hydrogens (tertiary/aromatic N) is 1. The van der Waals surface area contributed by atoms with Gasteiger partial charge in [-0.3, -0.25) is 9.59 Å². The molecule has 1 aliphatic carbocycles. The first-order chi connectivity index (χ1) is 14.0. The Bertz CT molecular complexity index is 958. The number of methoxy groups -OCH3 is 2. The first kappa shape index (κ1) is 18.9. The largest absolute Gasteiger partial charge is 0.497 e. The van der Waals surface area contributed by atoms with Gasteiger partial charge >= 0.3 is 5.97 Å². The van der Waals surface area contributed by atoms with E-state index in [9.17, 15) is 14.7 Å². The molecule has 1 N–H and O–H groups in total. The van der Waals surface area contributed by atoms with E-state index in [-0.39, 0.29) is 19.2 Å². The molecule has 8 heteroatoms. The van der Waals surface area contributed by atoms with Gasteiger partial charge in [0, 0.05) is 23.4 Å². The number of hydrogen-bond acceptors (Lipinski definition) is 6. The Hall–Kier alpha value is -3.42. The zero-order chi connectivity index (χ0) is 20.5. The van der Waals surface area contributed by atoms with E-state index in [0.29, 0.717) is 35.1 Å². The lowest BCUT2D eigenvalue weighted by molar-refractivity contribution is -0.140. The minimum absolute atomic E-state index is 0.128. The molecule has 0 spiro atoms. The molecule has 1 fully saturated rings. The monoisotopic (exact) mass is 399 g/mol. The van der Waals surface area contributed by atoms with Crippen molar-refractivity contribution in [3.8, 4) is 23.0 Å². The molecule has 1 aliphatic heterocycles. The van der Waals surface area contributed by atoms with Crippen LogP contribution in [0, 0.1) is 11.8 Å². The van der Waals surface area contributed by atoms with E-state index in [1.165, 1.54) is 0 Å². The summed E-state index contributed by atoms with van der Waals surface area (Å²) in [6.07, 6.45) is 0.342. The van der Waals surface area contributed by atoms with E-state index >= 15 is 0 Å². The number of carbonyl (C=O) groups is 2. The van der Waals surface area contributed by atoms with Crippen molar-refractivity contribution in [2.75, 3.05) is 25.9 Å². The maximum Gasteiger partial charge on any atom is 0.307 e. The number of aliphatic carboxylic acids is 1. The summed E-state index contributed by atoms with van der Waals surface area (Å²) < 4.78 is 21.5. The Kier molecular flexibility index (Phi) is 4.92. The number of carboxylic acid groups (broad SMARTS) is 1. The summed E-state index contributed by atoms with van der Waals surface area (Å²) in [6, 6.07) is 10.6. The third-order valence-electron chi connectivity index (χ3n) is 5.18. The molecule has 2 atom stereocenters. The molecule has 0 radical (unpaired) electrons. The van der Waals surface area contributed by atoms with E-state index < -0.39 is 17.8 Å². The van der Waals surface area contributed by atoms with Gasteiger partial charge in [0.2, 0.25) is 12.7 Å². The highest BCUT2D eigenvalue weighted by Gasteiger charge is 2.50. The molecule has 29 heavy (non-hydrogen) atoms. The highest BCUT2D eigenvalue weighted by atomic mass is 16.7. The first-order valence-electron chi connectivity index (χ1n) is 9.16. The number of carboxylic acids is 1. The zero-order valence-corrected chi connectivity index (χ0v) is 16.1. The van der Waals surface area contributed by atoms with Gasteiger partial charge in [0.15, 0.2) is 11.5 Å². The van der Waals surface area contributed by atoms with E-state index in [1.807, 2.05) is 6.07 Å². The first-order valence-corrected chi connectivity index (χ1v) is 9.16. The molecule has 0 aromatic heterocycles. The molecular weight excluding hydrogens is 378 g/mol. The number of fused-ring (bicyclic) bond motifs is 1. The maximum absolute atomic E-state index is 13.2. The Morgan fingerprint density at radius 3 is 2.55 bits per heavy atom. The molecule has 2 aliphatic rings. The van der Waals surface area contributed by atoms with Gasteiger partial charge < -0.3 is 29.0 Å². The third kappa shape index (κ3) is 3.65. The van der Waals surface area contributed by atoms with Gasteiger partial charge in [-0.15, -0.1) is 0 Å². The summed E-state index contributed by atoms with van der Waals surface area (Å²) in [4.78, 5) is 26.0. The molecule has 2 aromatic rings. The quantitative estimate of drug-likeness (QED) is 0.765. The SMILES string of the molecule is COc1ccc(CN(C(=O)C2CC2C(=O)O)c2ccc3c(c2)OCO3)c(OC)c1. The van der Waals surface area contributed by atoms with E-state index in [4.69, 9.17) is 18.9 Å². The lowest BCUT2D eigenvalue weighted by Gasteiger charge is -2.24. The van der Waals surface area contributed by atoms with Crippen LogP contribution in [0.4, 0.5) is 5.69 Å². The van der Waals surface area contributed by atoms with Crippen LogP contribution in [0.2, 0.25) is 0 Å². The Morgan fingerprint density at radius 2 is 1.86 bits per heavy atom. The summed E-state index contributed by atoms with van der Waals surface area (Å²) >= 11 is 0. The Morgan fingerprint density at radius 1 is 1.07 bits per heavy atom. The van der Waals surface area contributed by atoms with Crippen LogP contribution in [0.3, 0.4) is 0 Å². The van der Waals surface area contributed by atoms with Crippen molar-refractivity contribution in [3.63, 3.8) is 0 Å². The molecule has 2 aromatic carbocycles. The molecule has 1 saturated carbocycles. The fourth-order valence-corrected chi connectivity index (χ4v) is 3.44. The van der Waals surface area contributed by atoms with E-state index in [1.54, 1.807) is 49.5 Å². The zero-order valence-electron chi connectivity index (χ0n) is 16.1. The summed E-state index contributed by atoms with van der Waals surface area (Å²) in [7, 11) is 3.11. The number of carbonyl (C=O) groups excluding carboxylic acids is 1. The smallest absolute Gasteiger partial charge is 0.307 e. The summed E-state index contributed by atoms with van der Waals surface area (Å²) in [5.41, 5.74) is 1.38. The van der Waals surface area contributed by atoms with Crippen LogP contribution in [0.25, 0.3) is 0 Å². The topological polar surface area (TPSA) is 94.5 Å². The number of hydrogen-bond donors (Lipinski definition) is 1. The van der Waals surface area contributed by atoms with Crippen LogP contribution in [-0.2, 0) is 16.1 Å². The van der Waals surface area contributed by atoms with Crippen molar-refractivity contribution in [1.29, 1.82) is 0 Å². The summed E-state index contributed by atoms with van der Waals surface area (Å²) in [5, 5.41) is 9.24. The predicted octanol–water partition coefficient (Wildman–Crippen LogP) is 2.69. The number of benzene rings is 2. The van der Waals surface area contributed by atoms with Crippen molar-refractivity contribution in [2.24, 2.45) is 11.8 Å². The molecule has 0 saturated heterocycles. The highest BCUT2D eigenvalue weighted by molar-refractivity contribution is 6.00. The second kappa shape index (κ2) is 7.54. The van der Waals surface area contributed by atoms with Gasteiger partial charge in [-0.05, 0) is 30.7 Å². The van der Waals surface area contributed by atoms with Gasteiger partial charge in [0.05, 0.1) is 32.6 Å². The number of anilines is 1. The minimum Gasteiger partial charge on any atom is -0.497 e. The van der Waals surface area contributed by atoms with Crippen LogP contribution in [0.1, 0.15) is 12.0 Å². The second-order valence-electron chi connectivity index (χ2n) is 6.93. The maximum atomic E-state index is 13.2. The molecule has 1 heterocycles. The van der Waals surface area contributed by atoms with Crippen LogP contribution in [0.15, 0.2) is 36.4 Å². The summed E-state index contributed by atoms with van der Waals surface area (Å²) in [6.45, 7) is 0.344. The molecule has 8 nitrogen and oxygen atoms in total. The average Bonchev–Trinajstić information content (AvgIpc) is 3.41. The molecule has 2 unspecified atom stereocenters. The third-order valence-corrected chi connectivity index (χ3v) is 5.18. The van der Waals surface area contributed by atoms with Gasteiger partial charge in [-0.1, -0.05) is 0 Å². The van der Waals surface area contributed by atoms with Gasteiger partial charge in [0.1, 0.15) is 11.5 Å². The molecule has 4 rings (SSSR count). The minimum atomic E-state index is -0.948. The number of rotatable bonds is 7. The van der Waals surface area contributed by atoms with E-state index in [2.05, 4.69) is 0 Å². The fourth-order valence-electron chi connectivity index (χ4n) is 3.44. The molecule has 152 valence electrons. The molecule has 0 bridgehead atoms. The average molecular weight is 399 g/mol. The lowest BCUT2D eigenvalue weighted by atomic mass is 10.1. The number of amides is 1. The van der Waals surface area contributed by atoms with Crippen LogP contribution in [0.5, 0.6) is 23.0 Å². The van der Waals surface area contributed by atoms with Crippen molar-refractivity contribution in [2.45, 2.75) is 13.0 Å². The van der Waals surface area contributed by atoms with Gasteiger partial charge in [-0.2, -0.15) is 0 Å². The normalized spacial score (nSPS) is 18.8. The van der Waals surface area contributed by atoms with Gasteiger partial charge in [0.25, 0.3) is 0 Å². The van der Waals surface area contributed by atoms with Crippen LogP contribution < -0.4 is 23.8 Å². The summed E-state index contributed by atoms with van der Waals surface area (Å²) in [5.74, 6) is 0.00263. The van der Waals surface area contributed by atoms with Crippen LogP contribution in [-0.4, -0.2) is 38.0 Å². The molecular formula is C21H21NO7. The van der Waals surface area contributed by atoms with Crippen LogP contribution >= 0.6 is 0 Å². The van der Waals surface area contributed by atoms with Gasteiger partial charge in [-0.25, -0.2) is 0 Å². The standard InChI is InChI=1S/C21H21NO7/c1-26-14-5-3-12(18(8-14)27-2)10-22(20(23)15-9-16(15)21(24)25)13-4-6-17-19(7-13)29-11-28-17/h3-8,15-16H,9-11H2,1-2H3,(H,24,25). The fraction of sp³-hybridized carbons (Fsp3) is 0.333. The van der Waals surface area contributed by atoms with Crippen molar-refractivity contribution >= 4 is 17.6 Å². The highest BCUT2D eigenvalue weighted by Crippen LogP contribution is 2.43. The van der Waals surface area contributed by atoms with Crippen molar-refractivity contribution in [3.05, 3.63) is 42.0 Å². The Labute approximate surface area is 167 Å². The predicted molar refractivity (Wildman–Crippen MR) is 103 cm³/mol. The van der Waals surface area contributed by atoms with E-state index in [0.717, 1.165) is 5.56 Å². The van der Waals surface area contributed by atoms with Crippen molar-refractivity contribution < 1.29 is 33.6 Å². The molecule has 1 amide bonds.